The second kappa shape index (κ2) is 19.2. The molecule has 0 amide bonds. The van der Waals surface area contributed by atoms with E-state index in [1.54, 1.807) is 12.1 Å². The van der Waals surface area contributed by atoms with Gasteiger partial charge in [0.2, 0.25) is 0 Å². The Bertz CT molecular complexity index is 508. The minimum atomic E-state index is -0.398. The molecule has 0 aliphatic heterocycles. The van der Waals surface area contributed by atoms with E-state index < -0.39 is 12.2 Å². The van der Waals surface area contributed by atoms with E-state index in [0.29, 0.717) is 13.1 Å². The number of hydrogen-bond donors (Lipinski definition) is 3. The normalized spacial score (nSPS) is 13.2. The van der Waals surface area contributed by atoms with Crippen molar-refractivity contribution in [2.45, 2.75) is 129 Å². The van der Waals surface area contributed by atoms with Crippen LogP contribution in [0.15, 0.2) is 24.3 Å². The minimum absolute atomic E-state index is 0.237. The first-order chi connectivity index (χ1) is 15.6. The van der Waals surface area contributed by atoms with Gasteiger partial charge in [0.15, 0.2) is 0 Å². The number of aromatic hydroxyl groups is 1. The number of unbranched alkanes of at least 4 members (excludes halogenated alkanes) is 12. The zero-order valence-corrected chi connectivity index (χ0v) is 21.0. The highest BCUT2D eigenvalue weighted by Crippen LogP contribution is 2.21. The van der Waals surface area contributed by atoms with E-state index in [-0.39, 0.29) is 5.75 Å². The van der Waals surface area contributed by atoms with Crippen molar-refractivity contribution in [2.24, 2.45) is 0 Å². The third-order valence-electron chi connectivity index (χ3n) is 6.36. The van der Waals surface area contributed by atoms with Crippen LogP contribution in [-0.4, -0.2) is 40.6 Å². The molecule has 0 radical (unpaired) electrons. The third kappa shape index (κ3) is 14.7. The highest BCUT2D eigenvalue weighted by molar-refractivity contribution is 5.49. The van der Waals surface area contributed by atoms with Crippen LogP contribution < -0.4 is 4.90 Å². The van der Waals surface area contributed by atoms with Gasteiger partial charge >= 0.3 is 0 Å². The molecular weight excluding hydrogens is 398 g/mol. The van der Waals surface area contributed by atoms with Gasteiger partial charge in [0.05, 0.1) is 12.2 Å². The second-order valence-corrected chi connectivity index (χ2v) is 9.55. The van der Waals surface area contributed by atoms with Gasteiger partial charge in [0, 0.05) is 18.8 Å². The smallest absolute Gasteiger partial charge is 0.115 e. The molecule has 0 aromatic heterocycles. The fourth-order valence-electron chi connectivity index (χ4n) is 4.31. The number of phenols is 1. The summed E-state index contributed by atoms with van der Waals surface area (Å²) in [5.74, 6) is 0.237. The zero-order chi connectivity index (χ0) is 23.4. The highest BCUT2D eigenvalue weighted by Gasteiger charge is 2.16. The molecule has 1 aromatic rings. The number of aliphatic hydroxyl groups is 2. The van der Waals surface area contributed by atoms with E-state index in [0.717, 1.165) is 31.4 Å². The van der Waals surface area contributed by atoms with E-state index in [4.69, 9.17) is 0 Å². The highest BCUT2D eigenvalue weighted by atomic mass is 16.3. The van der Waals surface area contributed by atoms with Crippen molar-refractivity contribution < 1.29 is 15.3 Å². The Morgan fingerprint density at radius 3 is 1.38 bits per heavy atom. The standard InChI is InChI=1S/C28H51NO3/c1-3-5-7-9-11-13-15-17-27(31)23-29(25-19-21-26(30)22-20-25)24-28(32)18-16-14-12-10-8-6-4-2/h19-22,27-28,30-32H,3-18,23-24H2,1-2H3. The lowest BCUT2D eigenvalue weighted by molar-refractivity contribution is 0.145. The Labute approximate surface area is 198 Å². The van der Waals surface area contributed by atoms with Crippen molar-refractivity contribution in [2.75, 3.05) is 18.0 Å². The number of rotatable bonds is 21. The monoisotopic (exact) mass is 449 g/mol. The lowest BCUT2D eigenvalue weighted by Crippen LogP contribution is -2.38. The molecule has 0 aliphatic carbocycles. The van der Waals surface area contributed by atoms with Crippen molar-refractivity contribution in [3.8, 4) is 5.75 Å². The van der Waals surface area contributed by atoms with Gasteiger partial charge < -0.3 is 20.2 Å². The van der Waals surface area contributed by atoms with Gasteiger partial charge in [-0.3, -0.25) is 0 Å². The Morgan fingerprint density at radius 1 is 0.594 bits per heavy atom. The van der Waals surface area contributed by atoms with Crippen LogP contribution in [0.5, 0.6) is 5.75 Å². The first-order valence-electron chi connectivity index (χ1n) is 13.5. The van der Waals surface area contributed by atoms with Crippen LogP contribution in [0.25, 0.3) is 0 Å². The maximum atomic E-state index is 10.6. The van der Waals surface area contributed by atoms with Gasteiger partial charge in [-0.15, -0.1) is 0 Å². The Kier molecular flexibility index (Phi) is 17.3. The van der Waals surface area contributed by atoms with Gasteiger partial charge in [-0.25, -0.2) is 0 Å². The summed E-state index contributed by atoms with van der Waals surface area (Å²) in [6, 6.07) is 7.09. The summed E-state index contributed by atoms with van der Waals surface area (Å²) in [7, 11) is 0. The summed E-state index contributed by atoms with van der Waals surface area (Å²) >= 11 is 0. The molecule has 0 fully saturated rings. The molecule has 2 atom stereocenters. The molecule has 0 aliphatic rings. The molecule has 0 bridgehead atoms. The van der Waals surface area contributed by atoms with Crippen molar-refractivity contribution in [1.82, 2.24) is 0 Å². The first-order valence-corrected chi connectivity index (χ1v) is 13.5. The summed E-state index contributed by atoms with van der Waals surface area (Å²) in [6.07, 6.45) is 18.2. The molecule has 3 N–H and O–H groups in total. The van der Waals surface area contributed by atoms with Crippen molar-refractivity contribution in [3.05, 3.63) is 24.3 Å². The molecule has 4 heteroatoms. The van der Waals surface area contributed by atoms with Gasteiger partial charge in [0.1, 0.15) is 5.75 Å². The van der Waals surface area contributed by atoms with Crippen molar-refractivity contribution >= 4 is 5.69 Å². The first kappa shape index (κ1) is 28.8. The Hall–Kier alpha value is -1.26. The zero-order valence-electron chi connectivity index (χ0n) is 21.0. The quantitative estimate of drug-likeness (QED) is 0.174. The van der Waals surface area contributed by atoms with Crippen LogP contribution in [0, 0.1) is 0 Å². The Balaban J connectivity index is 2.40. The van der Waals surface area contributed by atoms with Crippen LogP contribution in [0.1, 0.15) is 117 Å². The molecule has 1 rings (SSSR count). The molecule has 4 nitrogen and oxygen atoms in total. The van der Waals surface area contributed by atoms with Crippen LogP contribution in [-0.2, 0) is 0 Å². The molecule has 2 unspecified atom stereocenters. The van der Waals surface area contributed by atoms with Crippen molar-refractivity contribution in [3.63, 3.8) is 0 Å². The SMILES string of the molecule is CCCCCCCCCC(O)CN(CC(O)CCCCCCCCC)c1ccc(O)cc1. The summed E-state index contributed by atoms with van der Waals surface area (Å²) in [5.41, 5.74) is 0.944. The van der Waals surface area contributed by atoms with Crippen LogP contribution >= 0.6 is 0 Å². The molecular formula is C28H51NO3. The Morgan fingerprint density at radius 2 is 0.969 bits per heavy atom. The molecule has 0 spiro atoms. The van der Waals surface area contributed by atoms with Crippen molar-refractivity contribution in [1.29, 1.82) is 0 Å². The maximum absolute atomic E-state index is 10.6. The van der Waals surface area contributed by atoms with Gasteiger partial charge in [0.25, 0.3) is 0 Å². The molecule has 186 valence electrons. The molecule has 0 saturated carbocycles. The van der Waals surface area contributed by atoms with Crippen LogP contribution in [0.4, 0.5) is 5.69 Å². The van der Waals surface area contributed by atoms with E-state index >= 15 is 0 Å². The second-order valence-electron chi connectivity index (χ2n) is 9.55. The fourth-order valence-corrected chi connectivity index (χ4v) is 4.31. The van der Waals surface area contributed by atoms with E-state index in [1.807, 2.05) is 12.1 Å². The number of nitrogens with zero attached hydrogens (tertiary/aromatic N) is 1. The topological polar surface area (TPSA) is 63.9 Å². The summed E-state index contributed by atoms with van der Waals surface area (Å²) < 4.78 is 0. The maximum Gasteiger partial charge on any atom is 0.115 e. The summed E-state index contributed by atoms with van der Waals surface area (Å²) in [4.78, 5) is 2.08. The summed E-state index contributed by atoms with van der Waals surface area (Å²) in [6.45, 7) is 5.52. The number of phenolic OH excluding ortho intramolecular Hbond substituents is 1. The number of benzene rings is 1. The van der Waals surface area contributed by atoms with Gasteiger partial charge in [-0.1, -0.05) is 104 Å². The van der Waals surface area contributed by atoms with Crippen LogP contribution in [0.2, 0.25) is 0 Å². The van der Waals surface area contributed by atoms with Crippen LogP contribution in [0.3, 0.4) is 0 Å². The number of anilines is 1. The lowest BCUT2D eigenvalue weighted by Gasteiger charge is -2.29. The number of aliphatic hydroxyl groups excluding tert-OH is 2. The largest absolute Gasteiger partial charge is 0.508 e. The van der Waals surface area contributed by atoms with Gasteiger partial charge in [-0.05, 0) is 37.1 Å². The predicted molar refractivity (Wildman–Crippen MR) is 138 cm³/mol. The van der Waals surface area contributed by atoms with E-state index in [1.165, 1.54) is 77.0 Å². The van der Waals surface area contributed by atoms with E-state index in [9.17, 15) is 15.3 Å². The molecule has 0 saturated heterocycles. The molecule has 32 heavy (non-hydrogen) atoms. The predicted octanol–water partition coefficient (Wildman–Crippen LogP) is 7.20. The third-order valence-corrected chi connectivity index (χ3v) is 6.36. The fraction of sp³-hybridized carbons (Fsp3) is 0.786. The molecule has 1 aromatic carbocycles. The molecule has 0 heterocycles. The minimum Gasteiger partial charge on any atom is -0.508 e. The van der Waals surface area contributed by atoms with E-state index in [2.05, 4.69) is 18.7 Å². The number of hydrogen-bond acceptors (Lipinski definition) is 4. The van der Waals surface area contributed by atoms with Gasteiger partial charge in [-0.2, -0.15) is 0 Å². The lowest BCUT2D eigenvalue weighted by atomic mass is 10.0. The summed E-state index contributed by atoms with van der Waals surface area (Å²) in [5, 5.41) is 30.9. The average molecular weight is 450 g/mol. The average Bonchev–Trinajstić information content (AvgIpc) is 2.78.